The lowest BCUT2D eigenvalue weighted by molar-refractivity contribution is 0.120. The molecule has 1 aliphatic carbocycles. The third kappa shape index (κ3) is 3.71. The first-order chi connectivity index (χ1) is 13.3. The predicted octanol–water partition coefficient (Wildman–Crippen LogP) is 2.85. The van der Waals surface area contributed by atoms with E-state index in [1.807, 2.05) is 0 Å². The minimum absolute atomic E-state index is 0.231. The summed E-state index contributed by atoms with van der Waals surface area (Å²) in [5.74, 6) is 0.870. The Bertz CT molecular complexity index is 852. The smallest absolute Gasteiger partial charge is 0.222 e. The number of nitriles is 1. The van der Waals surface area contributed by atoms with Crippen molar-refractivity contribution >= 4 is 11.8 Å². The molecule has 2 aliphatic rings. The third-order valence-electron chi connectivity index (χ3n) is 5.32. The lowest BCUT2D eigenvalue weighted by atomic mass is 9.93. The number of aryl methyl sites for hydroxylation is 1. The van der Waals surface area contributed by atoms with Crippen LogP contribution in [0.4, 0.5) is 11.8 Å². The summed E-state index contributed by atoms with van der Waals surface area (Å²) in [6.07, 6.45) is 11.1. The Morgan fingerprint density at radius 3 is 2.74 bits per heavy atom. The molecule has 27 heavy (non-hydrogen) atoms. The second kappa shape index (κ2) is 7.89. The van der Waals surface area contributed by atoms with Gasteiger partial charge in [0.15, 0.2) is 0 Å². The molecule has 1 aliphatic heterocycles. The largest absolute Gasteiger partial charge is 0.383 e. The molecule has 140 valence electrons. The Hall–Kier alpha value is -2.72. The molecule has 1 unspecified atom stereocenters. The van der Waals surface area contributed by atoms with E-state index in [1.165, 1.54) is 6.42 Å². The molecule has 0 radical (unpaired) electrons. The average Bonchev–Trinajstić information content (AvgIpc) is 3.11. The van der Waals surface area contributed by atoms with Crippen LogP contribution in [0.3, 0.4) is 0 Å². The van der Waals surface area contributed by atoms with Gasteiger partial charge in [-0.15, -0.1) is 0 Å². The van der Waals surface area contributed by atoms with Crippen molar-refractivity contribution in [2.75, 3.05) is 24.2 Å². The molecule has 0 amide bonds. The highest BCUT2D eigenvalue weighted by atomic mass is 16.5. The van der Waals surface area contributed by atoms with E-state index in [0.717, 1.165) is 67.5 Å². The molecule has 0 aromatic carbocycles. The summed E-state index contributed by atoms with van der Waals surface area (Å²) in [4.78, 5) is 13.4. The standard InChI is InChI=1S/C20H24N6O/c21-9-16-18(15-6-2-1-3-7-17(15)26-19(16)22)13-10-23-20(24-11-13)25-12-14-5-4-8-27-14/h10-11,14H,1-8,12H2,(H2,22,26)(H,23,24,25). The van der Waals surface area contributed by atoms with Crippen LogP contribution in [0.1, 0.15) is 48.9 Å². The van der Waals surface area contributed by atoms with Gasteiger partial charge < -0.3 is 15.8 Å². The van der Waals surface area contributed by atoms with Crippen molar-refractivity contribution in [1.82, 2.24) is 15.0 Å². The fourth-order valence-electron chi connectivity index (χ4n) is 3.93. The van der Waals surface area contributed by atoms with E-state index in [4.69, 9.17) is 10.5 Å². The number of nitrogens with two attached hydrogens (primary N) is 1. The van der Waals surface area contributed by atoms with Crippen LogP contribution < -0.4 is 11.1 Å². The van der Waals surface area contributed by atoms with Crippen LogP contribution in [0.5, 0.6) is 0 Å². The zero-order chi connectivity index (χ0) is 18.6. The molecule has 2 aromatic rings. The molecule has 1 fully saturated rings. The number of nitrogens with one attached hydrogen (secondary N) is 1. The molecular formula is C20H24N6O. The van der Waals surface area contributed by atoms with Gasteiger partial charge in [0, 0.05) is 42.4 Å². The highest BCUT2D eigenvalue weighted by Crippen LogP contribution is 2.34. The highest BCUT2D eigenvalue weighted by Gasteiger charge is 2.22. The summed E-state index contributed by atoms with van der Waals surface area (Å²) < 4.78 is 5.61. The molecule has 1 saturated heterocycles. The summed E-state index contributed by atoms with van der Waals surface area (Å²) in [6.45, 7) is 1.54. The first-order valence-electron chi connectivity index (χ1n) is 9.65. The van der Waals surface area contributed by atoms with E-state index >= 15 is 0 Å². The van der Waals surface area contributed by atoms with Crippen molar-refractivity contribution in [1.29, 1.82) is 5.26 Å². The molecule has 7 nitrogen and oxygen atoms in total. The molecule has 0 bridgehead atoms. The number of nitrogens with zero attached hydrogens (tertiary/aromatic N) is 4. The van der Waals surface area contributed by atoms with Crippen molar-refractivity contribution in [3.05, 3.63) is 29.2 Å². The number of rotatable bonds is 4. The van der Waals surface area contributed by atoms with E-state index in [2.05, 4.69) is 26.3 Å². The van der Waals surface area contributed by atoms with Crippen molar-refractivity contribution in [3.63, 3.8) is 0 Å². The molecular weight excluding hydrogens is 340 g/mol. The maximum Gasteiger partial charge on any atom is 0.222 e. The molecule has 2 aromatic heterocycles. The van der Waals surface area contributed by atoms with E-state index in [-0.39, 0.29) is 6.10 Å². The number of fused-ring (bicyclic) bond motifs is 1. The van der Waals surface area contributed by atoms with Crippen LogP contribution in [0.2, 0.25) is 0 Å². The Morgan fingerprint density at radius 2 is 2.00 bits per heavy atom. The Labute approximate surface area is 159 Å². The van der Waals surface area contributed by atoms with Gasteiger partial charge in [-0.3, -0.25) is 0 Å². The molecule has 3 heterocycles. The fraction of sp³-hybridized carbons (Fsp3) is 0.500. The first kappa shape index (κ1) is 17.7. The summed E-state index contributed by atoms with van der Waals surface area (Å²) in [5.41, 5.74) is 10.3. The lowest BCUT2D eigenvalue weighted by Crippen LogP contribution is -2.19. The minimum atomic E-state index is 0.231. The van der Waals surface area contributed by atoms with E-state index in [9.17, 15) is 5.26 Å². The molecule has 0 spiro atoms. The fourth-order valence-corrected chi connectivity index (χ4v) is 3.93. The SMILES string of the molecule is N#Cc1c(N)nc2c(c1-c1cnc(NCC3CCCO3)nc1)CCCCC2. The van der Waals surface area contributed by atoms with Gasteiger partial charge in [-0.1, -0.05) is 6.42 Å². The second-order valence-corrected chi connectivity index (χ2v) is 7.16. The average molecular weight is 364 g/mol. The zero-order valence-electron chi connectivity index (χ0n) is 15.4. The van der Waals surface area contributed by atoms with Crippen LogP contribution in [0.15, 0.2) is 12.4 Å². The third-order valence-corrected chi connectivity index (χ3v) is 5.32. The highest BCUT2D eigenvalue weighted by molar-refractivity contribution is 5.78. The zero-order valence-corrected chi connectivity index (χ0v) is 15.4. The van der Waals surface area contributed by atoms with E-state index in [0.29, 0.717) is 23.9 Å². The number of anilines is 2. The maximum atomic E-state index is 9.66. The molecule has 3 N–H and O–H groups in total. The van der Waals surface area contributed by atoms with Crippen molar-refractivity contribution in [2.45, 2.75) is 51.0 Å². The van der Waals surface area contributed by atoms with Crippen LogP contribution in [-0.4, -0.2) is 34.2 Å². The number of hydrogen-bond donors (Lipinski definition) is 2. The van der Waals surface area contributed by atoms with Crippen molar-refractivity contribution in [2.24, 2.45) is 0 Å². The Morgan fingerprint density at radius 1 is 1.19 bits per heavy atom. The quantitative estimate of drug-likeness (QED) is 0.803. The van der Waals surface area contributed by atoms with Gasteiger partial charge in [0.2, 0.25) is 5.95 Å². The lowest BCUT2D eigenvalue weighted by Gasteiger charge is -2.16. The number of aromatic nitrogens is 3. The topological polar surface area (TPSA) is 110 Å². The Balaban J connectivity index is 1.64. The predicted molar refractivity (Wildman–Crippen MR) is 103 cm³/mol. The van der Waals surface area contributed by atoms with Gasteiger partial charge in [-0.2, -0.15) is 5.26 Å². The van der Waals surface area contributed by atoms with Crippen LogP contribution >= 0.6 is 0 Å². The summed E-state index contributed by atoms with van der Waals surface area (Å²) in [6, 6.07) is 2.23. The van der Waals surface area contributed by atoms with Crippen molar-refractivity contribution in [3.8, 4) is 17.2 Å². The van der Waals surface area contributed by atoms with Crippen LogP contribution in [-0.2, 0) is 17.6 Å². The van der Waals surface area contributed by atoms with Gasteiger partial charge in [-0.25, -0.2) is 15.0 Å². The van der Waals surface area contributed by atoms with Gasteiger partial charge in [-0.05, 0) is 44.1 Å². The molecule has 7 heteroatoms. The van der Waals surface area contributed by atoms with Gasteiger partial charge >= 0.3 is 0 Å². The molecule has 4 rings (SSSR count). The normalized spacial score (nSPS) is 19.1. The van der Waals surface area contributed by atoms with Gasteiger partial charge in [0.25, 0.3) is 0 Å². The second-order valence-electron chi connectivity index (χ2n) is 7.16. The maximum absolute atomic E-state index is 9.66. The number of ether oxygens (including phenoxy) is 1. The first-order valence-corrected chi connectivity index (χ1v) is 9.65. The summed E-state index contributed by atoms with van der Waals surface area (Å²) in [5, 5.41) is 12.9. The van der Waals surface area contributed by atoms with E-state index in [1.54, 1.807) is 12.4 Å². The summed E-state index contributed by atoms with van der Waals surface area (Å²) >= 11 is 0. The van der Waals surface area contributed by atoms with Crippen LogP contribution in [0, 0.1) is 11.3 Å². The summed E-state index contributed by atoms with van der Waals surface area (Å²) in [7, 11) is 0. The van der Waals surface area contributed by atoms with Gasteiger partial charge in [0.1, 0.15) is 17.5 Å². The number of pyridine rings is 1. The minimum Gasteiger partial charge on any atom is -0.383 e. The van der Waals surface area contributed by atoms with Crippen molar-refractivity contribution < 1.29 is 4.74 Å². The Kier molecular flexibility index (Phi) is 5.16. The van der Waals surface area contributed by atoms with Crippen LogP contribution in [0.25, 0.3) is 11.1 Å². The van der Waals surface area contributed by atoms with Gasteiger partial charge in [0.05, 0.1) is 6.10 Å². The number of nitrogen functional groups attached to an aromatic ring is 1. The molecule has 0 saturated carbocycles. The molecule has 1 atom stereocenters. The monoisotopic (exact) mass is 364 g/mol. The van der Waals surface area contributed by atoms with E-state index < -0.39 is 0 Å². The number of hydrogen-bond acceptors (Lipinski definition) is 7.